The van der Waals surface area contributed by atoms with Gasteiger partial charge in [0.05, 0.1) is 6.61 Å². The van der Waals surface area contributed by atoms with E-state index < -0.39 is 12.3 Å². The third-order valence-electron chi connectivity index (χ3n) is 4.09. The largest absolute Gasteiger partial charge is 0.495 e. The van der Waals surface area contributed by atoms with Gasteiger partial charge in [0.25, 0.3) is 0 Å². The van der Waals surface area contributed by atoms with Gasteiger partial charge in [-0.15, -0.1) is 0 Å². The Morgan fingerprint density at radius 3 is 2.59 bits per heavy atom. The Morgan fingerprint density at radius 1 is 1.35 bits per heavy atom. The summed E-state index contributed by atoms with van der Waals surface area (Å²) < 4.78 is 19.2. The second-order valence-electron chi connectivity index (χ2n) is 6.47. The van der Waals surface area contributed by atoms with Crippen LogP contribution in [-0.2, 0) is 4.74 Å². The monoisotopic (exact) mass is 242 g/mol. The average molecular weight is 242 g/mol. The highest BCUT2D eigenvalue weighted by molar-refractivity contribution is 5.26. The molecule has 1 aliphatic heterocycles. The van der Waals surface area contributed by atoms with Crippen molar-refractivity contribution in [3.63, 3.8) is 0 Å². The molecule has 0 saturated carbocycles. The summed E-state index contributed by atoms with van der Waals surface area (Å²) in [5, 5.41) is 9.92. The van der Waals surface area contributed by atoms with Crippen LogP contribution in [0.1, 0.15) is 40.5 Å². The fourth-order valence-corrected chi connectivity index (χ4v) is 3.20. The molecule has 2 nitrogen and oxygen atoms in total. The molecule has 0 aromatic heterocycles. The lowest BCUT2D eigenvalue weighted by Gasteiger charge is -2.44. The van der Waals surface area contributed by atoms with Gasteiger partial charge in [-0.25, -0.2) is 4.39 Å². The van der Waals surface area contributed by atoms with Gasteiger partial charge in [0.1, 0.15) is 18.0 Å². The minimum absolute atomic E-state index is 0.140. The topological polar surface area (TPSA) is 29.5 Å². The van der Waals surface area contributed by atoms with E-state index in [-0.39, 0.29) is 11.3 Å². The molecular formula is C14H23FO2. The van der Waals surface area contributed by atoms with E-state index in [0.29, 0.717) is 24.7 Å². The zero-order valence-electron chi connectivity index (χ0n) is 11.2. The lowest BCUT2D eigenvalue weighted by Crippen LogP contribution is -2.41. The summed E-state index contributed by atoms with van der Waals surface area (Å²) in [5.74, 6) is 1.10. The minimum atomic E-state index is -1.18. The van der Waals surface area contributed by atoms with Gasteiger partial charge >= 0.3 is 0 Å². The van der Waals surface area contributed by atoms with Crippen molar-refractivity contribution < 1.29 is 14.2 Å². The summed E-state index contributed by atoms with van der Waals surface area (Å²) in [6.07, 6.45) is -0.847. The maximum Gasteiger partial charge on any atom is 0.142 e. The summed E-state index contributed by atoms with van der Waals surface area (Å²) in [7, 11) is 0. The zero-order valence-corrected chi connectivity index (χ0v) is 11.2. The Hall–Kier alpha value is -0.570. The lowest BCUT2D eigenvalue weighted by molar-refractivity contribution is -0.00513. The van der Waals surface area contributed by atoms with Crippen molar-refractivity contribution >= 4 is 0 Å². The highest BCUT2D eigenvalue weighted by atomic mass is 19.1. The summed E-state index contributed by atoms with van der Waals surface area (Å²) in [6, 6.07) is 0. The fourth-order valence-electron chi connectivity index (χ4n) is 3.20. The van der Waals surface area contributed by atoms with E-state index in [2.05, 4.69) is 20.8 Å². The minimum Gasteiger partial charge on any atom is -0.495 e. The van der Waals surface area contributed by atoms with Crippen molar-refractivity contribution in [2.24, 2.45) is 17.3 Å². The van der Waals surface area contributed by atoms with Crippen LogP contribution in [0.5, 0.6) is 0 Å². The van der Waals surface area contributed by atoms with Crippen LogP contribution in [0.25, 0.3) is 0 Å². The van der Waals surface area contributed by atoms with Crippen molar-refractivity contribution in [1.29, 1.82) is 0 Å². The second kappa shape index (κ2) is 4.27. The molecule has 1 unspecified atom stereocenters. The van der Waals surface area contributed by atoms with E-state index in [4.69, 9.17) is 4.74 Å². The average Bonchev–Trinajstić information content (AvgIpc) is 2.24. The van der Waals surface area contributed by atoms with Crippen LogP contribution in [0.4, 0.5) is 4.39 Å². The van der Waals surface area contributed by atoms with E-state index in [9.17, 15) is 9.50 Å². The van der Waals surface area contributed by atoms with Crippen LogP contribution in [0, 0.1) is 17.3 Å². The maximum atomic E-state index is 13.7. The first-order valence-corrected chi connectivity index (χ1v) is 6.51. The first kappa shape index (κ1) is 12.9. The molecule has 0 bridgehead atoms. The standard InChI is InChI=1S/C14H23FO2/c1-8-7-10(15)12(16)13-11(8)9(5-6-17-13)14(2,3)4/h8-10,12,16H,5-7H2,1-4H3/t8-,9?,10+,12-/m1/s1. The molecular weight excluding hydrogens is 219 g/mol. The van der Waals surface area contributed by atoms with E-state index in [1.54, 1.807) is 0 Å². The normalized spacial score (nSPS) is 38.7. The Kier molecular flexibility index (Phi) is 3.23. The molecule has 17 heavy (non-hydrogen) atoms. The zero-order chi connectivity index (χ0) is 12.8. The quantitative estimate of drug-likeness (QED) is 0.707. The molecule has 1 N–H and O–H groups in total. The van der Waals surface area contributed by atoms with Gasteiger partial charge in [-0.1, -0.05) is 27.7 Å². The maximum absolute atomic E-state index is 13.7. The number of aliphatic hydroxyl groups excluding tert-OH is 1. The molecule has 1 heterocycles. The van der Waals surface area contributed by atoms with Crippen LogP contribution in [0.3, 0.4) is 0 Å². The molecule has 2 rings (SSSR count). The van der Waals surface area contributed by atoms with Crippen molar-refractivity contribution in [1.82, 2.24) is 0 Å². The molecule has 0 fully saturated rings. The third-order valence-corrected chi connectivity index (χ3v) is 4.09. The molecule has 0 radical (unpaired) electrons. The van der Waals surface area contributed by atoms with Gasteiger partial charge in [-0.3, -0.25) is 0 Å². The highest BCUT2D eigenvalue weighted by Gasteiger charge is 2.43. The number of allylic oxidation sites excluding steroid dienone is 1. The first-order chi connectivity index (χ1) is 7.82. The molecule has 0 aromatic carbocycles. The molecule has 0 aromatic rings. The smallest absolute Gasteiger partial charge is 0.142 e. The number of aliphatic hydroxyl groups is 1. The molecule has 4 atom stereocenters. The summed E-state index contributed by atoms with van der Waals surface area (Å²) >= 11 is 0. The molecule has 0 amide bonds. The number of alkyl halides is 1. The van der Waals surface area contributed by atoms with Crippen LogP contribution in [0.2, 0.25) is 0 Å². The van der Waals surface area contributed by atoms with Crippen LogP contribution in [-0.4, -0.2) is 24.0 Å². The number of hydrogen-bond acceptors (Lipinski definition) is 2. The molecule has 2 aliphatic rings. The third kappa shape index (κ3) is 2.22. The van der Waals surface area contributed by atoms with Crippen LogP contribution >= 0.6 is 0 Å². The lowest BCUT2D eigenvalue weighted by atomic mass is 9.67. The van der Waals surface area contributed by atoms with E-state index in [1.807, 2.05) is 6.92 Å². The first-order valence-electron chi connectivity index (χ1n) is 6.51. The molecule has 0 saturated heterocycles. The summed E-state index contributed by atoms with van der Waals surface area (Å²) in [4.78, 5) is 0. The Bertz CT molecular complexity index is 330. The van der Waals surface area contributed by atoms with E-state index >= 15 is 0 Å². The van der Waals surface area contributed by atoms with Crippen molar-refractivity contribution in [2.75, 3.05) is 6.61 Å². The number of ether oxygens (including phenoxy) is 1. The van der Waals surface area contributed by atoms with Gasteiger partial charge in [-0.2, -0.15) is 0 Å². The molecule has 3 heteroatoms. The predicted octanol–water partition coefficient (Wildman–Crippen LogP) is 3.06. The van der Waals surface area contributed by atoms with Gasteiger partial charge in [0, 0.05) is 0 Å². The van der Waals surface area contributed by atoms with Crippen molar-refractivity contribution in [3.05, 3.63) is 11.3 Å². The van der Waals surface area contributed by atoms with Crippen LogP contribution in [0.15, 0.2) is 11.3 Å². The van der Waals surface area contributed by atoms with Gasteiger partial charge < -0.3 is 9.84 Å². The van der Waals surface area contributed by atoms with E-state index in [1.165, 1.54) is 0 Å². The van der Waals surface area contributed by atoms with Gasteiger partial charge in [0.2, 0.25) is 0 Å². The number of rotatable bonds is 0. The Labute approximate surface area is 103 Å². The van der Waals surface area contributed by atoms with Gasteiger partial charge in [-0.05, 0) is 35.7 Å². The summed E-state index contributed by atoms with van der Waals surface area (Å²) in [6.45, 7) is 9.25. The second-order valence-corrected chi connectivity index (χ2v) is 6.47. The van der Waals surface area contributed by atoms with Crippen LogP contribution < -0.4 is 0 Å². The fraction of sp³-hybridized carbons (Fsp3) is 0.857. The van der Waals surface area contributed by atoms with Crippen molar-refractivity contribution in [2.45, 2.75) is 52.8 Å². The number of halogens is 1. The van der Waals surface area contributed by atoms with Crippen molar-refractivity contribution in [3.8, 4) is 0 Å². The predicted molar refractivity (Wildman–Crippen MR) is 65.2 cm³/mol. The van der Waals surface area contributed by atoms with Gasteiger partial charge in [0.15, 0.2) is 0 Å². The molecule has 98 valence electrons. The Balaban J connectivity index is 2.41. The molecule has 1 aliphatic carbocycles. The molecule has 0 spiro atoms. The van der Waals surface area contributed by atoms with E-state index in [0.717, 1.165) is 12.0 Å². The highest BCUT2D eigenvalue weighted by Crippen LogP contribution is 2.47. The summed E-state index contributed by atoms with van der Waals surface area (Å²) in [5.41, 5.74) is 1.30. The SMILES string of the molecule is C[C@@H]1C[C@H](F)[C@@H](O)C2=C1C(C(C)(C)C)CCO2. The Morgan fingerprint density at radius 2 is 2.00 bits per heavy atom. The number of hydrogen-bond donors (Lipinski definition) is 1.